The summed E-state index contributed by atoms with van der Waals surface area (Å²) >= 11 is 0. The van der Waals surface area contributed by atoms with E-state index in [2.05, 4.69) is 6.92 Å². The van der Waals surface area contributed by atoms with Crippen molar-refractivity contribution in [1.82, 2.24) is 0 Å². The van der Waals surface area contributed by atoms with E-state index in [0.717, 1.165) is 19.4 Å². The molecule has 0 spiro atoms. The van der Waals surface area contributed by atoms with Crippen LogP contribution in [-0.4, -0.2) is 19.8 Å². The molecule has 0 heterocycles. The highest BCUT2D eigenvalue weighted by Crippen LogP contribution is 1.96. The number of rotatable bonds is 4. The summed E-state index contributed by atoms with van der Waals surface area (Å²) in [5.41, 5.74) is 5.28. The summed E-state index contributed by atoms with van der Waals surface area (Å²) in [6.07, 6.45) is 2.51. The molecule has 0 aromatic carbocycles. The second-order valence-electron chi connectivity index (χ2n) is 1.98. The van der Waals surface area contributed by atoms with Gasteiger partial charge < -0.3 is 10.5 Å². The maximum atomic E-state index is 5.28. The van der Waals surface area contributed by atoms with E-state index in [-0.39, 0.29) is 12.4 Å². The Morgan fingerprint density at radius 2 is 2.11 bits per heavy atom. The fourth-order valence-corrected chi connectivity index (χ4v) is 0.523. The monoisotopic (exact) mass is 153 g/mol. The maximum Gasteiger partial charge on any atom is 0.0543 e. The number of ether oxygens (including phenoxy) is 1. The third-order valence-electron chi connectivity index (χ3n) is 1.22. The molecule has 1 unspecified atom stereocenters. The first-order chi connectivity index (χ1) is 3.81. The number of halogens is 1. The Bertz CT molecular complexity index is 52.3. The first-order valence-electron chi connectivity index (χ1n) is 3.04. The first kappa shape index (κ1) is 11.9. The Morgan fingerprint density at radius 3 is 2.44 bits per heavy atom. The van der Waals surface area contributed by atoms with Crippen molar-refractivity contribution in [3.8, 4) is 0 Å². The van der Waals surface area contributed by atoms with E-state index < -0.39 is 0 Å². The van der Waals surface area contributed by atoms with Crippen molar-refractivity contribution in [2.45, 2.75) is 25.9 Å². The fourth-order valence-electron chi connectivity index (χ4n) is 0.523. The highest BCUT2D eigenvalue weighted by molar-refractivity contribution is 5.85. The normalized spacial score (nSPS) is 12.3. The van der Waals surface area contributed by atoms with Gasteiger partial charge in [-0.25, -0.2) is 0 Å². The van der Waals surface area contributed by atoms with Crippen molar-refractivity contribution < 1.29 is 4.74 Å². The second-order valence-corrected chi connectivity index (χ2v) is 1.98. The van der Waals surface area contributed by atoms with Gasteiger partial charge in [-0.05, 0) is 26.3 Å². The molecule has 0 saturated heterocycles. The molecule has 0 amide bonds. The van der Waals surface area contributed by atoms with Crippen LogP contribution >= 0.6 is 12.4 Å². The fraction of sp³-hybridized carbons (Fsp3) is 1.00. The molecule has 0 aliphatic heterocycles. The van der Waals surface area contributed by atoms with Gasteiger partial charge >= 0.3 is 0 Å². The van der Waals surface area contributed by atoms with Gasteiger partial charge in [0.15, 0.2) is 0 Å². The van der Waals surface area contributed by atoms with Crippen LogP contribution in [0.2, 0.25) is 0 Å². The van der Waals surface area contributed by atoms with Gasteiger partial charge in [0.25, 0.3) is 0 Å². The smallest absolute Gasteiger partial charge is 0.0543 e. The zero-order valence-corrected chi connectivity index (χ0v) is 6.91. The van der Waals surface area contributed by atoms with Crippen molar-refractivity contribution in [3.63, 3.8) is 0 Å². The summed E-state index contributed by atoms with van der Waals surface area (Å²) in [7, 11) is 1.72. The standard InChI is InChI=1S/C6H15NO.ClH/c1-6(8-2)4-3-5-7;/h6H,3-5,7H2,1-2H3;1H. The zero-order valence-electron chi connectivity index (χ0n) is 6.09. The average molecular weight is 154 g/mol. The molecule has 0 rings (SSSR count). The molecule has 0 saturated carbocycles. The Kier molecular flexibility index (Phi) is 10.9. The van der Waals surface area contributed by atoms with Crippen LogP contribution in [0.5, 0.6) is 0 Å². The number of methoxy groups -OCH3 is 1. The van der Waals surface area contributed by atoms with Crippen LogP contribution in [0.1, 0.15) is 19.8 Å². The van der Waals surface area contributed by atoms with Gasteiger partial charge in [-0.3, -0.25) is 0 Å². The summed E-state index contributed by atoms with van der Waals surface area (Å²) in [5.74, 6) is 0. The van der Waals surface area contributed by atoms with Gasteiger partial charge in [-0.1, -0.05) is 0 Å². The van der Waals surface area contributed by atoms with Gasteiger partial charge in [0.1, 0.15) is 0 Å². The zero-order chi connectivity index (χ0) is 6.41. The van der Waals surface area contributed by atoms with Crippen molar-refractivity contribution in [2.75, 3.05) is 13.7 Å². The van der Waals surface area contributed by atoms with E-state index in [4.69, 9.17) is 10.5 Å². The Balaban J connectivity index is 0. The molecule has 9 heavy (non-hydrogen) atoms. The van der Waals surface area contributed by atoms with Crippen LogP contribution in [0, 0.1) is 0 Å². The van der Waals surface area contributed by atoms with Crippen LogP contribution in [-0.2, 0) is 4.74 Å². The predicted octanol–water partition coefficient (Wildman–Crippen LogP) is 1.18. The molecular weight excluding hydrogens is 138 g/mol. The number of hydrogen-bond acceptors (Lipinski definition) is 2. The van der Waals surface area contributed by atoms with E-state index in [1.807, 2.05) is 0 Å². The second kappa shape index (κ2) is 8.21. The summed E-state index contributed by atoms with van der Waals surface area (Å²) in [4.78, 5) is 0. The maximum absolute atomic E-state index is 5.28. The highest BCUT2D eigenvalue weighted by atomic mass is 35.5. The minimum absolute atomic E-state index is 0. The number of hydrogen-bond donors (Lipinski definition) is 1. The minimum Gasteiger partial charge on any atom is -0.382 e. The lowest BCUT2D eigenvalue weighted by Gasteiger charge is -2.06. The molecule has 0 bridgehead atoms. The molecule has 0 aromatic rings. The number of nitrogens with two attached hydrogens (primary N) is 1. The van der Waals surface area contributed by atoms with Gasteiger partial charge in [0.2, 0.25) is 0 Å². The molecule has 2 nitrogen and oxygen atoms in total. The van der Waals surface area contributed by atoms with Gasteiger partial charge in [0.05, 0.1) is 6.10 Å². The van der Waals surface area contributed by atoms with Crippen molar-refractivity contribution in [3.05, 3.63) is 0 Å². The SMILES string of the molecule is COC(C)CCCN.Cl. The Hall–Kier alpha value is 0.210. The summed E-state index contributed by atoms with van der Waals surface area (Å²) in [6, 6.07) is 0. The van der Waals surface area contributed by atoms with Crippen molar-refractivity contribution in [1.29, 1.82) is 0 Å². The summed E-state index contributed by atoms with van der Waals surface area (Å²) in [6.45, 7) is 2.82. The quantitative estimate of drug-likeness (QED) is 0.659. The molecule has 0 fully saturated rings. The third-order valence-corrected chi connectivity index (χ3v) is 1.22. The molecular formula is C6H16ClNO. The van der Waals surface area contributed by atoms with Gasteiger partial charge in [-0.15, -0.1) is 12.4 Å². The van der Waals surface area contributed by atoms with Crippen LogP contribution in [0.25, 0.3) is 0 Å². The third kappa shape index (κ3) is 8.21. The highest BCUT2D eigenvalue weighted by Gasteiger charge is 1.95. The van der Waals surface area contributed by atoms with Gasteiger partial charge in [0, 0.05) is 7.11 Å². The van der Waals surface area contributed by atoms with E-state index in [0.29, 0.717) is 6.10 Å². The van der Waals surface area contributed by atoms with Crippen molar-refractivity contribution >= 4 is 12.4 Å². The molecule has 0 aliphatic rings. The lowest BCUT2D eigenvalue weighted by atomic mass is 10.2. The largest absolute Gasteiger partial charge is 0.382 e. The Labute approximate surface area is 63.2 Å². The molecule has 3 heteroatoms. The molecule has 0 radical (unpaired) electrons. The van der Waals surface area contributed by atoms with E-state index in [9.17, 15) is 0 Å². The lowest BCUT2D eigenvalue weighted by molar-refractivity contribution is 0.109. The van der Waals surface area contributed by atoms with Crippen LogP contribution in [0.15, 0.2) is 0 Å². The van der Waals surface area contributed by atoms with Crippen LogP contribution in [0.4, 0.5) is 0 Å². The topological polar surface area (TPSA) is 35.2 Å². The molecule has 58 valence electrons. The van der Waals surface area contributed by atoms with Crippen LogP contribution in [0.3, 0.4) is 0 Å². The van der Waals surface area contributed by atoms with E-state index >= 15 is 0 Å². The Morgan fingerprint density at radius 1 is 1.56 bits per heavy atom. The lowest BCUT2D eigenvalue weighted by Crippen LogP contribution is -2.08. The van der Waals surface area contributed by atoms with Gasteiger partial charge in [-0.2, -0.15) is 0 Å². The average Bonchev–Trinajstić information content (AvgIpc) is 1.83. The van der Waals surface area contributed by atoms with E-state index in [1.54, 1.807) is 7.11 Å². The van der Waals surface area contributed by atoms with E-state index in [1.165, 1.54) is 0 Å². The van der Waals surface area contributed by atoms with Crippen LogP contribution < -0.4 is 5.73 Å². The molecule has 0 aromatic heterocycles. The molecule has 0 aliphatic carbocycles. The van der Waals surface area contributed by atoms with Crippen molar-refractivity contribution in [2.24, 2.45) is 5.73 Å². The molecule has 2 N–H and O–H groups in total. The minimum atomic E-state index is 0. The first-order valence-corrected chi connectivity index (χ1v) is 3.04. The predicted molar refractivity (Wildman–Crippen MR) is 42.0 cm³/mol. The summed E-state index contributed by atoms with van der Waals surface area (Å²) < 4.78 is 5.00. The molecule has 1 atom stereocenters. The summed E-state index contributed by atoms with van der Waals surface area (Å²) in [5, 5.41) is 0.